The van der Waals surface area contributed by atoms with Gasteiger partial charge in [-0.3, -0.25) is 9.59 Å². The smallest absolute Gasteiger partial charge is 0.321 e. The number of methoxy groups -OCH3 is 1. The molecule has 0 atom stereocenters. The zero-order valence-electron chi connectivity index (χ0n) is 13.1. The van der Waals surface area contributed by atoms with Crippen LogP contribution in [0.2, 0.25) is 0 Å². The van der Waals surface area contributed by atoms with E-state index < -0.39 is 5.97 Å². The first-order valence-electron chi connectivity index (χ1n) is 6.89. The minimum absolute atomic E-state index is 0.103. The van der Waals surface area contributed by atoms with E-state index in [2.05, 4.69) is 10.1 Å². The predicted molar refractivity (Wildman–Crippen MR) is 88.5 cm³/mol. The van der Waals surface area contributed by atoms with E-state index in [1.807, 2.05) is 12.1 Å². The number of rotatable bonds is 8. The number of hydrogen-bond acceptors (Lipinski definition) is 5. The average Bonchev–Trinajstić information content (AvgIpc) is 2.52. The van der Waals surface area contributed by atoms with E-state index in [9.17, 15) is 14.4 Å². The quantitative estimate of drug-likeness (QED) is 0.703. The number of aliphatic carboxylic acids is 1. The Morgan fingerprint density at radius 3 is 2.74 bits per heavy atom. The number of anilines is 1. The van der Waals surface area contributed by atoms with E-state index in [0.29, 0.717) is 11.4 Å². The number of hydrogen-bond donors (Lipinski definition) is 2. The van der Waals surface area contributed by atoms with Crippen LogP contribution in [0.5, 0.6) is 0 Å². The number of nitrogens with zero attached hydrogens (tertiary/aromatic N) is 1. The van der Waals surface area contributed by atoms with Crippen molar-refractivity contribution in [2.75, 3.05) is 31.8 Å². The van der Waals surface area contributed by atoms with Crippen LogP contribution < -0.4 is 5.32 Å². The summed E-state index contributed by atoms with van der Waals surface area (Å²) in [5, 5.41) is 11.3. The fourth-order valence-electron chi connectivity index (χ4n) is 1.63. The van der Waals surface area contributed by atoms with Crippen LogP contribution in [0, 0.1) is 0 Å². The molecule has 0 bridgehead atoms. The number of esters is 1. The maximum Gasteiger partial charge on any atom is 0.321 e. The Balaban J connectivity index is 2.51. The molecule has 23 heavy (non-hydrogen) atoms. The molecule has 1 aromatic rings. The summed E-state index contributed by atoms with van der Waals surface area (Å²) in [6.07, 6.45) is -0.103. The molecule has 0 saturated heterocycles. The van der Waals surface area contributed by atoms with Crippen LogP contribution in [0.3, 0.4) is 0 Å². The van der Waals surface area contributed by atoms with E-state index in [1.54, 1.807) is 12.1 Å². The Hall–Kier alpha value is -2.22. The fourth-order valence-corrected chi connectivity index (χ4v) is 2.44. The first-order valence-corrected chi connectivity index (χ1v) is 8.05. The van der Waals surface area contributed by atoms with Crippen molar-refractivity contribution >= 4 is 35.4 Å². The molecular formula is C15H20N2O5S. The number of nitrogens with one attached hydrogen (secondary N) is 1. The molecule has 0 radical (unpaired) electrons. The molecule has 0 heterocycles. The van der Waals surface area contributed by atoms with Crippen molar-refractivity contribution in [3.05, 3.63) is 29.8 Å². The zero-order valence-corrected chi connectivity index (χ0v) is 13.9. The molecule has 0 aromatic heterocycles. The molecule has 0 unspecified atom stereocenters. The SMILES string of the molecule is COC(=O)CSCc1cccc(NC(=O)N(C)CCC(=O)O)c1. The third kappa shape index (κ3) is 7.55. The lowest BCUT2D eigenvalue weighted by Crippen LogP contribution is -2.33. The van der Waals surface area contributed by atoms with Gasteiger partial charge in [0, 0.05) is 25.0 Å². The Morgan fingerprint density at radius 1 is 1.35 bits per heavy atom. The molecule has 7 nitrogen and oxygen atoms in total. The van der Waals surface area contributed by atoms with E-state index in [-0.39, 0.29) is 30.7 Å². The van der Waals surface area contributed by atoms with E-state index >= 15 is 0 Å². The van der Waals surface area contributed by atoms with Gasteiger partial charge in [0.25, 0.3) is 0 Å². The van der Waals surface area contributed by atoms with Gasteiger partial charge in [-0.25, -0.2) is 4.79 Å². The van der Waals surface area contributed by atoms with Crippen LogP contribution >= 0.6 is 11.8 Å². The maximum atomic E-state index is 11.9. The van der Waals surface area contributed by atoms with Gasteiger partial charge in [0.1, 0.15) is 0 Å². The van der Waals surface area contributed by atoms with Crippen molar-refractivity contribution in [1.29, 1.82) is 0 Å². The third-order valence-corrected chi connectivity index (χ3v) is 3.88. The molecule has 0 fully saturated rings. The number of urea groups is 1. The Bertz CT molecular complexity index is 565. The van der Waals surface area contributed by atoms with Crippen LogP contribution in [0.25, 0.3) is 0 Å². The van der Waals surface area contributed by atoms with Crippen molar-refractivity contribution in [1.82, 2.24) is 4.90 Å². The summed E-state index contributed by atoms with van der Waals surface area (Å²) in [6.45, 7) is 0.135. The second-order valence-corrected chi connectivity index (χ2v) is 5.75. The van der Waals surface area contributed by atoms with Crippen LogP contribution in [-0.2, 0) is 20.1 Å². The summed E-state index contributed by atoms with van der Waals surface area (Å²) in [4.78, 5) is 34.8. The maximum absolute atomic E-state index is 11.9. The fraction of sp³-hybridized carbons (Fsp3) is 0.400. The molecule has 2 N–H and O–H groups in total. The molecule has 0 spiro atoms. The van der Waals surface area contributed by atoms with Crippen LogP contribution in [0.15, 0.2) is 24.3 Å². The van der Waals surface area contributed by atoms with Crippen LogP contribution in [0.1, 0.15) is 12.0 Å². The summed E-state index contributed by atoms with van der Waals surface area (Å²) in [6, 6.07) is 6.89. The number of benzene rings is 1. The number of amides is 2. The topological polar surface area (TPSA) is 95.9 Å². The molecule has 0 aliphatic rings. The van der Waals surface area contributed by atoms with Crippen LogP contribution in [-0.4, -0.2) is 54.4 Å². The standard InChI is InChI=1S/C15H20N2O5S/c1-17(7-6-13(18)19)15(21)16-12-5-3-4-11(8-12)9-23-10-14(20)22-2/h3-5,8H,6-7,9-10H2,1-2H3,(H,16,21)(H,18,19). The van der Waals surface area contributed by atoms with E-state index in [0.717, 1.165) is 5.56 Å². The van der Waals surface area contributed by atoms with Crippen LogP contribution in [0.4, 0.5) is 10.5 Å². The molecular weight excluding hydrogens is 320 g/mol. The number of carbonyl (C=O) groups excluding carboxylic acids is 2. The van der Waals surface area contributed by atoms with Crippen molar-refractivity contribution in [2.24, 2.45) is 0 Å². The number of ether oxygens (including phenoxy) is 1. The highest BCUT2D eigenvalue weighted by molar-refractivity contribution is 7.99. The van der Waals surface area contributed by atoms with Gasteiger partial charge in [-0.2, -0.15) is 0 Å². The Labute approximate surface area is 139 Å². The molecule has 0 aliphatic carbocycles. The Kier molecular flexibility index (Phi) is 7.96. The van der Waals surface area contributed by atoms with Gasteiger partial charge < -0.3 is 20.1 Å². The number of thioether (sulfide) groups is 1. The molecule has 8 heteroatoms. The molecule has 1 aromatic carbocycles. The monoisotopic (exact) mass is 340 g/mol. The summed E-state index contributed by atoms with van der Waals surface area (Å²) in [5.74, 6) is -0.340. The normalized spacial score (nSPS) is 10.0. The summed E-state index contributed by atoms with van der Waals surface area (Å²) in [7, 11) is 2.88. The van der Waals surface area contributed by atoms with Gasteiger partial charge in [-0.05, 0) is 17.7 Å². The van der Waals surface area contributed by atoms with Crippen molar-refractivity contribution in [3.8, 4) is 0 Å². The van der Waals surface area contributed by atoms with E-state index in [4.69, 9.17) is 5.11 Å². The highest BCUT2D eigenvalue weighted by Crippen LogP contribution is 2.17. The minimum Gasteiger partial charge on any atom is -0.481 e. The zero-order chi connectivity index (χ0) is 17.2. The molecule has 0 saturated carbocycles. The molecule has 0 aliphatic heterocycles. The summed E-state index contributed by atoms with van der Waals surface area (Å²) in [5.41, 5.74) is 1.58. The third-order valence-electron chi connectivity index (χ3n) is 2.90. The molecule has 1 rings (SSSR count). The highest BCUT2D eigenvalue weighted by Gasteiger charge is 2.10. The van der Waals surface area contributed by atoms with Gasteiger partial charge >= 0.3 is 18.0 Å². The second-order valence-electron chi connectivity index (χ2n) is 4.76. The first-order chi connectivity index (χ1) is 10.9. The number of carboxylic acids is 1. The predicted octanol–water partition coefficient (Wildman–Crippen LogP) is 2.03. The largest absolute Gasteiger partial charge is 0.481 e. The average molecular weight is 340 g/mol. The lowest BCUT2D eigenvalue weighted by atomic mass is 10.2. The van der Waals surface area contributed by atoms with Gasteiger partial charge in [-0.1, -0.05) is 12.1 Å². The summed E-state index contributed by atoms with van der Waals surface area (Å²) >= 11 is 1.42. The van der Waals surface area contributed by atoms with Gasteiger partial charge in [0.05, 0.1) is 19.3 Å². The lowest BCUT2D eigenvalue weighted by molar-refractivity contribution is -0.138. The second kappa shape index (κ2) is 9.73. The van der Waals surface area contributed by atoms with Gasteiger partial charge in [-0.15, -0.1) is 11.8 Å². The lowest BCUT2D eigenvalue weighted by Gasteiger charge is -2.17. The Morgan fingerprint density at radius 2 is 2.09 bits per heavy atom. The first kappa shape index (κ1) is 18.8. The summed E-state index contributed by atoms with van der Waals surface area (Å²) < 4.78 is 4.57. The molecule has 126 valence electrons. The molecule has 2 amide bonds. The highest BCUT2D eigenvalue weighted by atomic mass is 32.2. The van der Waals surface area contributed by atoms with E-state index in [1.165, 1.54) is 30.8 Å². The number of carbonyl (C=O) groups is 3. The van der Waals surface area contributed by atoms with Crippen molar-refractivity contribution in [3.63, 3.8) is 0 Å². The minimum atomic E-state index is -0.950. The van der Waals surface area contributed by atoms with Gasteiger partial charge in [0.2, 0.25) is 0 Å². The number of carboxylic acid groups (broad SMARTS) is 1. The van der Waals surface area contributed by atoms with Crippen molar-refractivity contribution in [2.45, 2.75) is 12.2 Å². The van der Waals surface area contributed by atoms with Crippen molar-refractivity contribution < 1.29 is 24.2 Å². The van der Waals surface area contributed by atoms with Gasteiger partial charge in [0.15, 0.2) is 0 Å².